The SMILES string of the molecule is CN1CC=C(Nc2ccc(I)cc2F)c2cncnc21. The maximum atomic E-state index is 13.9. The first kappa shape index (κ1) is 13.3. The van der Waals surface area contributed by atoms with Gasteiger partial charge in [-0.2, -0.15) is 0 Å². The molecule has 20 heavy (non-hydrogen) atoms. The Balaban J connectivity index is 1.95. The van der Waals surface area contributed by atoms with E-state index >= 15 is 0 Å². The lowest BCUT2D eigenvalue weighted by Gasteiger charge is -2.26. The van der Waals surface area contributed by atoms with E-state index in [1.165, 1.54) is 12.4 Å². The van der Waals surface area contributed by atoms with E-state index in [0.717, 1.165) is 27.2 Å². The number of aromatic nitrogens is 2. The first-order valence-electron chi connectivity index (χ1n) is 6.09. The highest BCUT2D eigenvalue weighted by Gasteiger charge is 2.18. The third-order valence-electron chi connectivity index (χ3n) is 3.11. The van der Waals surface area contributed by atoms with Gasteiger partial charge in [-0.25, -0.2) is 14.4 Å². The normalized spacial score (nSPS) is 13.8. The van der Waals surface area contributed by atoms with Gasteiger partial charge in [0, 0.05) is 29.1 Å². The Morgan fingerprint density at radius 3 is 3.05 bits per heavy atom. The molecule has 0 unspecified atom stereocenters. The van der Waals surface area contributed by atoms with Crippen LogP contribution in [0.15, 0.2) is 36.8 Å². The van der Waals surface area contributed by atoms with Crippen LogP contribution in [-0.2, 0) is 0 Å². The molecular formula is C14H12FIN4. The maximum Gasteiger partial charge on any atom is 0.147 e. The van der Waals surface area contributed by atoms with E-state index in [4.69, 9.17) is 0 Å². The highest BCUT2D eigenvalue weighted by Crippen LogP contribution is 2.29. The Kier molecular flexibility index (Phi) is 3.56. The van der Waals surface area contributed by atoms with Crippen molar-refractivity contribution in [3.8, 4) is 0 Å². The molecule has 6 heteroatoms. The topological polar surface area (TPSA) is 41.0 Å². The van der Waals surface area contributed by atoms with Gasteiger partial charge in [0.05, 0.1) is 11.3 Å². The van der Waals surface area contributed by atoms with Crippen molar-refractivity contribution in [3.63, 3.8) is 0 Å². The fourth-order valence-electron chi connectivity index (χ4n) is 2.10. The van der Waals surface area contributed by atoms with Crippen LogP contribution in [0.2, 0.25) is 0 Å². The number of nitrogens with zero attached hydrogens (tertiary/aromatic N) is 3. The molecule has 0 bridgehead atoms. The smallest absolute Gasteiger partial charge is 0.147 e. The molecule has 102 valence electrons. The molecule has 2 heterocycles. The van der Waals surface area contributed by atoms with Crippen LogP contribution in [0.25, 0.3) is 5.70 Å². The predicted octanol–water partition coefficient (Wildman–Crippen LogP) is 3.12. The quantitative estimate of drug-likeness (QED) is 0.811. The number of fused-ring (bicyclic) bond motifs is 1. The molecular weight excluding hydrogens is 370 g/mol. The molecule has 1 aromatic carbocycles. The van der Waals surface area contributed by atoms with Crippen molar-refractivity contribution >= 4 is 39.8 Å². The van der Waals surface area contributed by atoms with Gasteiger partial charge in [0.15, 0.2) is 0 Å². The third-order valence-corrected chi connectivity index (χ3v) is 3.78. The number of hydrogen-bond acceptors (Lipinski definition) is 4. The Morgan fingerprint density at radius 2 is 2.25 bits per heavy atom. The van der Waals surface area contributed by atoms with Crippen molar-refractivity contribution < 1.29 is 4.39 Å². The average Bonchev–Trinajstić information content (AvgIpc) is 2.45. The van der Waals surface area contributed by atoms with E-state index in [1.54, 1.807) is 12.3 Å². The Labute approximate surface area is 129 Å². The Bertz CT molecular complexity index is 687. The van der Waals surface area contributed by atoms with Gasteiger partial charge < -0.3 is 10.2 Å². The third kappa shape index (κ3) is 2.47. The number of rotatable bonds is 2. The lowest BCUT2D eigenvalue weighted by Crippen LogP contribution is -2.25. The van der Waals surface area contributed by atoms with Crippen molar-refractivity contribution in [2.45, 2.75) is 0 Å². The van der Waals surface area contributed by atoms with Gasteiger partial charge in [0.1, 0.15) is 18.0 Å². The molecule has 1 aliphatic heterocycles. The standard InChI is InChI=1S/C14H12FIN4/c1-20-5-4-12(10-7-17-8-18-14(10)20)19-13-3-2-9(16)6-11(13)15/h2-4,6-8,19H,5H2,1H3. The summed E-state index contributed by atoms with van der Waals surface area (Å²) in [6.45, 7) is 0.721. The predicted molar refractivity (Wildman–Crippen MR) is 86.0 cm³/mol. The zero-order chi connectivity index (χ0) is 14.1. The monoisotopic (exact) mass is 382 g/mol. The molecule has 0 fully saturated rings. The van der Waals surface area contributed by atoms with E-state index in [-0.39, 0.29) is 5.82 Å². The Hall–Kier alpha value is -1.70. The fourth-order valence-corrected chi connectivity index (χ4v) is 2.55. The summed E-state index contributed by atoms with van der Waals surface area (Å²) in [6.07, 6.45) is 5.26. The van der Waals surface area contributed by atoms with E-state index in [0.29, 0.717) is 5.69 Å². The maximum absolute atomic E-state index is 13.9. The van der Waals surface area contributed by atoms with Crippen LogP contribution < -0.4 is 10.2 Å². The minimum absolute atomic E-state index is 0.268. The number of anilines is 2. The van der Waals surface area contributed by atoms with Gasteiger partial charge in [-0.1, -0.05) is 0 Å². The number of likely N-dealkylation sites (N-methyl/N-ethyl adjacent to an activating group) is 1. The zero-order valence-electron chi connectivity index (χ0n) is 10.8. The van der Waals surface area contributed by atoms with E-state index in [2.05, 4.69) is 37.9 Å². The molecule has 0 aliphatic carbocycles. The summed E-state index contributed by atoms with van der Waals surface area (Å²) in [5.74, 6) is 0.575. The number of nitrogens with one attached hydrogen (secondary N) is 1. The van der Waals surface area contributed by atoms with Crippen LogP contribution in [0.3, 0.4) is 0 Å². The van der Waals surface area contributed by atoms with Crippen molar-refractivity contribution in [1.82, 2.24) is 9.97 Å². The molecule has 1 aromatic heterocycles. The first-order chi connectivity index (χ1) is 9.65. The van der Waals surface area contributed by atoms with Crippen LogP contribution in [0, 0.1) is 9.39 Å². The van der Waals surface area contributed by atoms with Gasteiger partial charge in [0.2, 0.25) is 0 Å². The van der Waals surface area contributed by atoms with Crippen molar-refractivity contribution in [2.24, 2.45) is 0 Å². The Morgan fingerprint density at radius 1 is 1.40 bits per heavy atom. The van der Waals surface area contributed by atoms with Crippen LogP contribution in [-0.4, -0.2) is 23.6 Å². The number of benzene rings is 1. The zero-order valence-corrected chi connectivity index (χ0v) is 12.9. The summed E-state index contributed by atoms with van der Waals surface area (Å²) < 4.78 is 14.8. The summed E-state index contributed by atoms with van der Waals surface area (Å²) >= 11 is 2.09. The molecule has 0 spiro atoms. The van der Waals surface area contributed by atoms with E-state index in [1.807, 2.05) is 24.1 Å². The average molecular weight is 382 g/mol. The first-order valence-corrected chi connectivity index (χ1v) is 7.17. The highest BCUT2D eigenvalue weighted by atomic mass is 127. The largest absolute Gasteiger partial charge is 0.355 e. The molecule has 0 atom stereocenters. The van der Waals surface area contributed by atoms with Gasteiger partial charge in [-0.3, -0.25) is 0 Å². The van der Waals surface area contributed by atoms with Gasteiger partial charge >= 0.3 is 0 Å². The van der Waals surface area contributed by atoms with Gasteiger partial charge in [0.25, 0.3) is 0 Å². The molecule has 1 N–H and O–H groups in total. The van der Waals surface area contributed by atoms with Gasteiger partial charge in [-0.15, -0.1) is 0 Å². The van der Waals surface area contributed by atoms with Crippen LogP contribution >= 0.6 is 22.6 Å². The number of hydrogen-bond donors (Lipinski definition) is 1. The van der Waals surface area contributed by atoms with E-state index < -0.39 is 0 Å². The van der Waals surface area contributed by atoms with Crippen molar-refractivity contribution in [3.05, 3.63) is 51.8 Å². The van der Waals surface area contributed by atoms with Crippen LogP contribution in [0.4, 0.5) is 15.9 Å². The molecule has 0 saturated heterocycles. The molecule has 0 radical (unpaired) electrons. The minimum Gasteiger partial charge on any atom is -0.355 e. The second-order valence-corrected chi connectivity index (χ2v) is 5.75. The second-order valence-electron chi connectivity index (χ2n) is 4.51. The summed E-state index contributed by atoms with van der Waals surface area (Å²) in [5.41, 5.74) is 2.16. The summed E-state index contributed by atoms with van der Waals surface area (Å²) in [7, 11) is 1.96. The lowest BCUT2D eigenvalue weighted by atomic mass is 10.1. The summed E-state index contributed by atoms with van der Waals surface area (Å²) in [6, 6.07) is 5.10. The van der Waals surface area contributed by atoms with Crippen molar-refractivity contribution in [1.29, 1.82) is 0 Å². The van der Waals surface area contributed by atoms with Crippen LogP contribution in [0.1, 0.15) is 5.56 Å². The highest BCUT2D eigenvalue weighted by molar-refractivity contribution is 14.1. The molecule has 0 saturated carbocycles. The summed E-state index contributed by atoms with van der Waals surface area (Å²) in [5, 5.41) is 3.13. The molecule has 3 rings (SSSR count). The number of halogens is 2. The molecule has 2 aromatic rings. The summed E-state index contributed by atoms with van der Waals surface area (Å²) in [4.78, 5) is 10.3. The molecule has 1 aliphatic rings. The van der Waals surface area contributed by atoms with Crippen LogP contribution in [0.5, 0.6) is 0 Å². The molecule has 4 nitrogen and oxygen atoms in total. The van der Waals surface area contributed by atoms with E-state index in [9.17, 15) is 4.39 Å². The van der Waals surface area contributed by atoms with Crippen molar-refractivity contribution in [2.75, 3.05) is 23.8 Å². The lowest BCUT2D eigenvalue weighted by molar-refractivity contribution is 0.631. The van der Waals surface area contributed by atoms with Gasteiger partial charge in [-0.05, 0) is 46.9 Å². The second kappa shape index (κ2) is 5.35. The fraction of sp³-hybridized carbons (Fsp3) is 0.143. The minimum atomic E-state index is -0.268. The molecule has 0 amide bonds.